The summed E-state index contributed by atoms with van der Waals surface area (Å²) in [7, 11) is 1.86. The Labute approximate surface area is 110 Å². The number of rotatable bonds is 5. The highest BCUT2D eigenvalue weighted by molar-refractivity contribution is 9.11. The maximum absolute atomic E-state index is 6.20. The van der Waals surface area contributed by atoms with E-state index in [1.165, 1.54) is 0 Å². The number of halogens is 2. The first kappa shape index (κ1) is 13.7. The molecule has 0 fully saturated rings. The van der Waals surface area contributed by atoms with Gasteiger partial charge in [0.15, 0.2) is 0 Å². The van der Waals surface area contributed by atoms with Crippen LogP contribution < -0.4 is 5.32 Å². The Morgan fingerprint density at radius 1 is 1.62 bits per heavy atom. The lowest BCUT2D eigenvalue weighted by molar-refractivity contribution is 0.705. The molecule has 90 valence electrons. The van der Waals surface area contributed by atoms with Crippen LogP contribution in [0.25, 0.3) is 0 Å². The van der Waals surface area contributed by atoms with Gasteiger partial charge in [-0.25, -0.2) is 0 Å². The van der Waals surface area contributed by atoms with E-state index in [-0.39, 0.29) is 0 Å². The van der Waals surface area contributed by atoms with E-state index in [0.29, 0.717) is 17.6 Å². The Hall–Kier alpha value is -0.320. The van der Waals surface area contributed by atoms with E-state index >= 15 is 0 Å². The van der Waals surface area contributed by atoms with Crippen molar-refractivity contribution in [1.29, 1.82) is 0 Å². The first-order valence-corrected chi connectivity index (χ1v) is 6.35. The lowest BCUT2D eigenvalue weighted by Gasteiger charge is -2.07. The van der Waals surface area contributed by atoms with Crippen LogP contribution >= 0.6 is 27.5 Å². The summed E-state index contributed by atoms with van der Waals surface area (Å²) in [6.45, 7) is 9.44. The third kappa shape index (κ3) is 3.34. The van der Waals surface area contributed by atoms with Crippen molar-refractivity contribution < 1.29 is 0 Å². The molecule has 1 N–H and O–H groups in total. The number of hydrogen-bond acceptors (Lipinski definition) is 2. The maximum atomic E-state index is 6.20. The molecule has 0 aliphatic rings. The van der Waals surface area contributed by atoms with E-state index in [0.717, 1.165) is 22.3 Å². The van der Waals surface area contributed by atoms with Crippen molar-refractivity contribution in [3.63, 3.8) is 0 Å². The monoisotopic (exact) mass is 305 g/mol. The molecule has 1 heterocycles. The number of nitrogens with zero attached hydrogens (tertiary/aromatic N) is 2. The SMILES string of the molecule is C=C(Br)CNCc1c(C(C)C)nn(C)c1Cl. The van der Waals surface area contributed by atoms with Crippen molar-refractivity contribution in [2.24, 2.45) is 7.05 Å². The summed E-state index contributed by atoms with van der Waals surface area (Å²) < 4.78 is 2.65. The molecule has 1 aromatic heterocycles. The van der Waals surface area contributed by atoms with Gasteiger partial charge in [0.05, 0.1) is 5.69 Å². The number of aromatic nitrogens is 2. The smallest absolute Gasteiger partial charge is 0.131 e. The zero-order valence-electron chi connectivity index (χ0n) is 9.85. The van der Waals surface area contributed by atoms with Gasteiger partial charge in [-0.1, -0.05) is 48.0 Å². The fraction of sp³-hybridized carbons (Fsp3) is 0.545. The van der Waals surface area contributed by atoms with Gasteiger partial charge in [0.25, 0.3) is 0 Å². The Morgan fingerprint density at radius 3 is 2.75 bits per heavy atom. The molecule has 0 unspecified atom stereocenters. The average molecular weight is 307 g/mol. The highest BCUT2D eigenvalue weighted by Gasteiger charge is 2.16. The second-order valence-corrected chi connectivity index (χ2v) is 5.53. The Morgan fingerprint density at radius 2 is 2.25 bits per heavy atom. The lowest BCUT2D eigenvalue weighted by Crippen LogP contribution is -2.15. The first-order valence-electron chi connectivity index (χ1n) is 5.18. The molecule has 1 aromatic rings. The zero-order chi connectivity index (χ0) is 12.3. The molecule has 0 aliphatic heterocycles. The zero-order valence-corrected chi connectivity index (χ0v) is 12.2. The standard InChI is InChI=1S/C11H17BrClN3/c1-7(2)10-9(6-14-5-8(3)12)11(13)16(4)15-10/h7,14H,3,5-6H2,1-2,4H3. The van der Waals surface area contributed by atoms with Crippen LogP contribution in [-0.2, 0) is 13.6 Å². The van der Waals surface area contributed by atoms with E-state index in [1.54, 1.807) is 4.68 Å². The molecule has 1 rings (SSSR count). The van der Waals surface area contributed by atoms with E-state index in [1.807, 2.05) is 7.05 Å². The Balaban J connectivity index is 2.80. The molecule has 0 amide bonds. The molecule has 0 bridgehead atoms. The molecule has 5 heteroatoms. The quantitative estimate of drug-likeness (QED) is 0.905. The van der Waals surface area contributed by atoms with Gasteiger partial charge in [-0.15, -0.1) is 0 Å². The largest absolute Gasteiger partial charge is 0.308 e. The van der Waals surface area contributed by atoms with Crippen molar-refractivity contribution in [2.45, 2.75) is 26.3 Å². The molecule has 0 aliphatic carbocycles. The fourth-order valence-electron chi connectivity index (χ4n) is 1.52. The molecule has 0 atom stereocenters. The van der Waals surface area contributed by atoms with Gasteiger partial charge in [0, 0.05) is 30.2 Å². The van der Waals surface area contributed by atoms with E-state index in [9.17, 15) is 0 Å². The summed E-state index contributed by atoms with van der Waals surface area (Å²) in [5, 5.41) is 8.39. The molecule has 0 saturated carbocycles. The average Bonchev–Trinajstić information content (AvgIpc) is 2.45. The minimum atomic E-state index is 0.377. The normalized spacial score (nSPS) is 11.1. The van der Waals surface area contributed by atoms with Gasteiger partial charge >= 0.3 is 0 Å². The predicted octanol–water partition coefficient (Wildman–Crippen LogP) is 3.20. The first-order chi connectivity index (χ1) is 7.43. The molecular weight excluding hydrogens is 289 g/mol. The molecule has 0 radical (unpaired) electrons. The summed E-state index contributed by atoms with van der Waals surface area (Å²) in [5.41, 5.74) is 2.13. The second kappa shape index (κ2) is 5.84. The number of hydrogen-bond donors (Lipinski definition) is 1. The van der Waals surface area contributed by atoms with Crippen LogP contribution in [0.1, 0.15) is 31.0 Å². The molecule has 3 nitrogen and oxygen atoms in total. The van der Waals surface area contributed by atoms with E-state index < -0.39 is 0 Å². The Bertz CT molecular complexity index is 385. The summed E-state index contributed by atoms with van der Waals surface area (Å²) in [4.78, 5) is 0. The lowest BCUT2D eigenvalue weighted by atomic mass is 10.1. The van der Waals surface area contributed by atoms with Crippen molar-refractivity contribution in [2.75, 3.05) is 6.54 Å². The highest BCUT2D eigenvalue weighted by Crippen LogP contribution is 2.24. The van der Waals surface area contributed by atoms with Gasteiger partial charge in [-0.05, 0) is 5.92 Å². The Kier molecular flexibility index (Phi) is 5.02. The number of nitrogens with one attached hydrogen (secondary N) is 1. The van der Waals surface area contributed by atoms with E-state index in [4.69, 9.17) is 11.6 Å². The summed E-state index contributed by atoms with van der Waals surface area (Å²) >= 11 is 9.51. The fourth-order valence-corrected chi connectivity index (χ4v) is 1.92. The van der Waals surface area contributed by atoms with Gasteiger partial charge in [0.2, 0.25) is 0 Å². The molecule has 0 saturated heterocycles. The van der Waals surface area contributed by atoms with Gasteiger partial charge in [-0.3, -0.25) is 4.68 Å². The minimum Gasteiger partial charge on any atom is -0.308 e. The van der Waals surface area contributed by atoms with Crippen LogP contribution in [0.4, 0.5) is 0 Å². The molecule has 0 spiro atoms. The molecular formula is C11H17BrClN3. The van der Waals surface area contributed by atoms with Crippen LogP contribution in [0.15, 0.2) is 11.1 Å². The van der Waals surface area contributed by atoms with Crippen LogP contribution in [0.3, 0.4) is 0 Å². The second-order valence-electron chi connectivity index (χ2n) is 4.05. The molecule has 0 aromatic carbocycles. The van der Waals surface area contributed by atoms with E-state index in [2.05, 4.69) is 46.8 Å². The van der Waals surface area contributed by atoms with Gasteiger partial charge in [-0.2, -0.15) is 5.10 Å². The van der Waals surface area contributed by atoms with Crippen molar-refractivity contribution in [1.82, 2.24) is 15.1 Å². The third-order valence-electron chi connectivity index (χ3n) is 2.27. The number of aryl methyl sites for hydroxylation is 1. The van der Waals surface area contributed by atoms with Crippen molar-refractivity contribution in [3.8, 4) is 0 Å². The highest BCUT2D eigenvalue weighted by atomic mass is 79.9. The van der Waals surface area contributed by atoms with Crippen LogP contribution in [0.5, 0.6) is 0 Å². The molecule has 16 heavy (non-hydrogen) atoms. The summed E-state index contributed by atoms with van der Waals surface area (Å²) in [5.74, 6) is 0.377. The van der Waals surface area contributed by atoms with Crippen molar-refractivity contribution >= 4 is 27.5 Å². The van der Waals surface area contributed by atoms with Gasteiger partial charge in [0.1, 0.15) is 5.15 Å². The van der Waals surface area contributed by atoms with Crippen molar-refractivity contribution in [3.05, 3.63) is 27.5 Å². The van der Waals surface area contributed by atoms with Gasteiger partial charge < -0.3 is 5.32 Å². The maximum Gasteiger partial charge on any atom is 0.131 e. The third-order valence-corrected chi connectivity index (χ3v) is 3.02. The van der Waals surface area contributed by atoms with Crippen LogP contribution in [0.2, 0.25) is 5.15 Å². The van der Waals surface area contributed by atoms with Crippen LogP contribution in [0, 0.1) is 0 Å². The summed E-state index contributed by atoms with van der Waals surface area (Å²) in [6, 6.07) is 0. The summed E-state index contributed by atoms with van der Waals surface area (Å²) in [6.07, 6.45) is 0. The predicted molar refractivity (Wildman–Crippen MR) is 72.1 cm³/mol. The minimum absolute atomic E-state index is 0.377. The topological polar surface area (TPSA) is 29.9 Å². The van der Waals surface area contributed by atoms with Crippen LogP contribution in [-0.4, -0.2) is 16.3 Å².